The Hall–Kier alpha value is -9.37. The highest BCUT2D eigenvalue weighted by molar-refractivity contribution is 9.11. The third-order valence-electron chi connectivity index (χ3n) is 21.6. The Morgan fingerprint density at radius 1 is 0.353 bits per heavy atom. The number of hydrogen-bond acceptors (Lipinski definition) is 17. The van der Waals surface area contributed by atoms with Crippen molar-refractivity contribution in [3.05, 3.63) is 326 Å². The van der Waals surface area contributed by atoms with Crippen molar-refractivity contribution in [2.45, 2.75) is 140 Å². The molecule has 0 spiro atoms. The number of benzene rings is 12. The van der Waals surface area contributed by atoms with Gasteiger partial charge in [0.15, 0.2) is 6.29 Å². The van der Waals surface area contributed by atoms with Crippen molar-refractivity contribution in [3.63, 3.8) is 0 Å². The number of thiol groups is 1. The van der Waals surface area contributed by atoms with Crippen molar-refractivity contribution in [2.75, 3.05) is 42.7 Å². The number of ether oxygens (including phenoxy) is 6. The van der Waals surface area contributed by atoms with Gasteiger partial charge in [-0.2, -0.15) is 0 Å². The SMILES string of the molecule is CCCCCB(O)O.CCCCCc1ccc(-c2cc3ccc(O)cc3s2)cc1.CCCCCc1ccc(-c2cc3ccc(OC)cc3s2)cc1.CCCCCc1ccc(-c2cc3ccc(OC)cc3s2)cc1.COC(=O)C(Br)c1ccc(Br)cc1.COc1ccc(C=O)c(S)c1.COc1ccc2cc(-c3ccc(Br)cc3)sc2c1.COc1ccc2cc(-c3ccc(Br)cc3)sc2c1. The van der Waals surface area contributed by atoms with E-state index in [2.05, 4.69) is 309 Å². The topological polar surface area (TPSA) is 150 Å². The molecule has 0 amide bonds. The third-order valence-corrected chi connectivity index (χ3v) is 30.2. The summed E-state index contributed by atoms with van der Waals surface area (Å²) in [5.41, 5.74) is 12.1. The second-order valence-corrected chi connectivity index (χ2v) is 40.9. The van der Waals surface area contributed by atoms with Crippen molar-refractivity contribution in [1.29, 1.82) is 0 Å². The van der Waals surface area contributed by atoms with E-state index < -0.39 is 7.12 Å². The average Bonchev–Trinajstić information content (AvgIpc) is 1.71. The highest BCUT2D eigenvalue weighted by atomic mass is 79.9. The Labute approximate surface area is 843 Å². The number of aryl methyl sites for hydroxylation is 3. The van der Waals surface area contributed by atoms with Gasteiger partial charge in [0, 0.05) is 71.8 Å². The lowest BCUT2D eigenvalue weighted by Crippen LogP contribution is -2.09. The molecule has 0 saturated heterocycles. The molecule has 0 bridgehead atoms. The minimum Gasteiger partial charge on any atom is -0.508 e. The van der Waals surface area contributed by atoms with Crippen LogP contribution in [0.5, 0.6) is 34.5 Å². The van der Waals surface area contributed by atoms with Crippen molar-refractivity contribution < 1.29 is 53.2 Å². The monoisotopic (exact) mass is 2140 g/mol. The lowest BCUT2D eigenvalue weighted by molar-refractivity contribution is -0.139. The molecule has 133 heavy (non-hydrogen) atoms. The van der Waals surface area contributed by atoms with Crippen LogP contribution in [0.15, 0.2) is 303 Å². The number of carbonyl (C=O) groups is 2. The molecule has 0 radical (unpaired) electrons. The number of hydrogen-bond donors (Lipinski definition) is 4. The molecule has 0 aliphatic rings. The van der Waals surface area contributed by atoms with Gasteiger partial charge in [-0.05, 0) is 298 Å². The smallest absolute Gasteiger partial charge is 0.451 e. The summed E-state index contributed by atoms with van der Waals surface area (Å²) in [4.78, 5) is 28.2. The van der Waals surface area contributed by atoms with E-state index in [1.807, 2.05) is 83.3 Å². The molecule has 0 aliphatic carbocycles. The number of fused-ring (bicyclic) bond motifs is 5. The Balaban J connectivity index is 0.000000160. The van der Waals surface area contributed by atoms with Crippen LogP contribution < -0.4 is 23.7 Å². The zero-order valence-corrected chi connectivity index (χ0v) is 88.1. The van der Waals surface area contributed by atoms with E-state index in [1.54, 1.807) is 93.8 Å². The van der Waals surface area contributed by atoms with Gasteiger partial charge in [-0.1, -0.05) is 258 Å². The lowest BCUT2D eigenvalue weighted by Gasteiger charge is -2.07. The zero-order chi connectivity index (χ0) is 95.0. The predicted molar refractivity (Wildman–Crippen MR) is 587 cm³/mol. The molecule has 0 fully saturated rings. The molecule has 3 N–H and O–H groups in total. The van der Waals surface area contributed by atoms with E-state index in [0.29, 0.717) is 28.3 Å². The second kappa shape index (κ2) is 56.2. The van der Waals surface area contributed by atoms with Crippen LogP contribution in [-0.2, 0) is 28.8 Å². The van der Waals surface area contributed by atoms with Crippen LogP contribution in [-0.4, -0.2) is 77.2 Å². The molecule has 1 atom stereocenters. The van der Waals surface area contributed by atoms with Gasteiger partial charge in [-0.3, -0.25) is 9.59 Å². The molecule has 22 heteroatoms. The molecule has 692 valence electrons. The molecule has 1 unspecified atom stereocenters. The van der Waals surface area contributed by atoms with E-state index in [-0.39, 0.29) is 10.8 Å². The number of phenols is 1. The molecular formula is C111H115BBr4O11S6. The Morgan fingerprint density at radius 3 is 0.902 bits per heavy atom. The molecule has 5 heterocycles. The summed E-state index contributed by atoms with van der Waals surface area (Å²) < 4.78 is 40.1. The first kappa shape index (κ1) is 106. The number of unbranched alkanes of at least 4 members (excludes halogenated alkanes) is 8. The van der Waals surface area contributed by atoms with Crippen LogP contribution in [0, 0.1) is 0 Å². The molecule has 0 saturated carbocycles. The van der Waals surface area contributed by atoms with Gasteiger partial charge in [0.1, 0.15) is 39.3 Å². The van der Waals surface area contributed by atoms with Gasteiger partial charge in [-0.15, -0.1) is 69.3 Å². The van der Waals surface area contributed by atoms with Gasteiger partial charge < -0.3 is 43.6 Å². The van der Waals surface area contributed by atoms with Gasteiger partial charge in [0.05, 0.1) is 42.7 Å². The third kappa shape index (κ3) is 33.6. The number of aromatic hydroxyl groups is 1. The van der Waals surface area contributed by atoms with Crippen LogP contribution in [0.25, 0.3) is 103 Å². The fraction of sp³-hybridized carbons (Fsp3) is 0.243. The van der Waals surface area contributed by atoms with Gasteiger partial charge >= 0.3 is 13.1 Å². The van der Waals surface area contributed by atoms with Crippen LogP contribution in [0.3, 0.4) is 0 Å². The van der Waals surface area contributed by atoms with Gasteiger partial charge in [0.2, 0.25) is 0 Å². The number of methoxy groups -OCH3 is 6. The maximum Gasteiger partial charge on any atom is 0.451 e. The largest absolute Gasteiger partial charge is 0.508 e. The number of thiophene rings is 5. The lowest BCUT2D eigenvalue weighted by atomic mass is 9.84. The normalized spacial score (nSPS) is 10.8. The quantitative estimate of drug-likeness (QED) is 0.00886. The minimum atomic E-state index is -1.10. The number of aldehydes is 1. The number of rotatable bonds is 29. The van der Waals surface area contributed by atoms with Crippen LogP contribution in [0.1, 0.15) is 142 Å². The first-order valence-electron chi connectivity index (χ1n) is 44.6. The Kier molecular flexibility index (Phi) is 44.7. The summed E-state index contributed by atoms with van der Waals surface area (Å²) in [5, 5.41) is 32.5. The van der Waals surface area contributed by atoms with Crippen molar-refractivity contribution in [1.82, 2.24) is 0 Å². The maximum absolute atomic E-state index is 11.1. The number of phenolic OH excluding ortho intramolecular Hbond substituents is 1. The van der Waals surface area contributed by atoms with E-state index in [1.165, 1.54) is 199 Å². The second-order valence-electron chi connectivity index (χ2n) is 31.3. The standard InChI is InChI=1S/2C20H22OS.C19H20OS.2C15H11BrOS.C9H8Br2O2.C8H8O2S.C5H13BO2/c2*1-3-4-5-6-15-7-9-16(10-8-15)19-13-17-11-12-18(21-2)14-20(17)22-19;1-2-3-4-5-14-6-8-15(9-7-14)18-12-16-10-11-17(20)13-19(16)21-18;2*1-17-13-7-4-11-8-14(18-15(11)9-13)10-2-5-12(16)6-3-10;1-13-9(12)8(11)6-2-4-7(10)5-3-6;1-10-7-3-2-6(5-9)8(11)4-7;1-2-3-4-5-6(7)8/h2*7-14H,3-6H2,1-2H3;6-13,20H,2-5H2,1H3;2*2-9H,1H3;2-5,8H,1H3;2-5,11H,1H3;7-8H,2-5H2,1H3. The Morgan fingerprint density at radius 2 is 0.624 bits per heavy atom. The fourth-order valence-electron chi connectivity index (χ4n) is 14.0. The molecule has 17 aromatic rings. The highest BCUT2D eigenvalue weighted by Gasteiger charge is 2.18. The minimum absolute atomic E-state index is 0.290. The van der Waals surface area contributed by atoms with Gasteiger partial charge in [-0.25, -0.2) is 0 Å². The molecule has 17 rings (SSSR count). The zero-order valence-electron chi connectivity index (χ0n) is 76.8. The summed E-state index contributed by atoms with van der Waals surface area (Å²) in [5.74, 6) is 4.42. The molecule has 5 aromatic heterocycles. The van der Waals surface area contributed by atoms with E-state index in [0.717, 1.165) is 72.2 Å². The molecule has 11 nitrogen and oxygen atoms in total. The highest BCUT2D eigenvalue weighted by Crippen LogP contribution is 2.42. The number of esters is 1. The van der Waals surface area contributed by atoms with Crippen LogP contribution >= 0.6 is 133 Å². The first-order chi connectivity index (χ1) is 64.6. The average molecular weight is 2150 g/mol. The maximum atomic E-state index is 11.1. The van der Waals surface area contributed by atoms with Crippen molar-refractivity contribution in [2.24, 2.45) is 0 Å². The molecule has 12 aromatic carbocycles. The van der Waals surface area contributed by atoms with Crippen LogP contribution in [0.2, 0.25) is 6.32 Å². The first-order valence-corrected chi connectivity index (χ1v) is 52.4. The van der Waals surface area contributed by atoms with E-state index in [4.69, 9.17) is 33.7 Å². The number of carbonyl (C=O) groups excluding carboxylic acids is 2. The van der Waals surface area contributed by atoms with Crippen molar-refractivity contribution >= 4 is 203 Å². The summed E-state index contributed by atoms with van der Waals surface area (Å²) in [6.07, 6.45) is 19.6. The van der Waals surface area contributed by atoms with E-state index in [9.17, 15) is 14.7 Å². The number of alkyl halides is 1. The fourth-order valence-corrected chi connectivity index (χ4v) is 21.0. The summed E-state index contributed by atoms with van der Waals surface area (Å²) >= 11 is 26.5. The van der Waals surface area contributed by atoms with Gasteiger partial charge in [0.25, 0.3) is 0 Å². The molecular weight excluding hydrogens is 2030 g/mol. The van der Waals surface area contributed by atoms with E-state index >= 15 is 0 Å². The number of halogens is 4. The Bertz CT molecular complexity index is 6140. The summed E-state index contributed by atoms with van der Waals surface area (Å²) in [6, 6.07) is 98.1. The summed E-state index contributed by atoms with van der Waals surface area (Å²) in [7, 11) is 8.68. The predicted octanol–water partition coefficient (Wildman–Crippen LogP) is 34.8. The molecule has 0 aliphatic heterocycles. The van der Waals surface area contributed by atoms with Crippen LogP contribution in [0.4, 0.5) is 0 Å². The van der Waals surface area contributed by atoms with Crippen molar-refractivity contribution in [3.8, 4) is 86.7 Å². The summed E-state index contributed by atoms with van der Waals surface area (Å²) in [6.45, 7) is 8.82.